The van der Waals surface area contributed by atoms with Crippen LogP contribution in [0.4, 0.5) is 0 Å². The van der Waals surface area contributed by atoms with E-state index in [1.807, 2.05) is 41.8 Å². The number of hydrogen-bond donors (Lipinski definition) is 1. The number of hydrogen-bond acceptors (Lipinski definition) is 3. The van der Waals surface area contributed by atoms with E-state index in [4.69, 9.17) is 11.8 Å². The maximum Gasteiger partial charge on any atom is 0.0689 e. The minimum absolute atomic E-state index is 0.0625. The smallest absolute Gasteiger partial charge is 0.0689 e. The van der Waals surface area contributed by atoms with Crippen molar-refractivity contribution in [1.82, 2.24) is 5.09 Å². The molecule has 1 N–H and O–H groups in total. The van der Waals surface area contributed by atoms with Crippen LogP contribution in [-0.2, 0) is 11.8 Å². The van der Waals surface area contributed by atoms with Gasteiger partial charge in [-0.15, -0.1) is 0 Å². The van der Waals surface area contributed by atoms with Crippen molar-refractivity contribution in [3.63, 3.8) is 0 Å². The maximum absolute atomic E-state index is 9.27. The quantitative estimate of drug-likeness (QED) is 0.658. The Bertz CT molecular complexity index is 812. The molecule has 120 valence electrons. The van der Waals surface area contributed by atoms with E-state index < -0.39 is 6.19 Å². The Morgan fingerprint density at radius 1 is 1.00 bits per heavy atom. The van der Waals surface area contributed by atoms with E-state index in [1.165, 1.54) is 0 Å². The van der Waals surface area contributed by atoms with Crippen LogP contribution in [0, 0.1) is 11.3 Å². The summed E-state index contributed by atoms with van der Waals surface area (Å²) < 4.78 is 0. The summed E-state index contributed by atoms with van der Waals surface area (Å²) in [5.74, 6) is 0. The molecule has 0 fully saturated rings. The molecule has 5 heteroatoms. The van der Waals surface area contributed by atoms with Crippen molar-refractivity contribution in [3.8, 4) is 6.07 Å². The second-order valence-corrected chi connectivity index (χ2v) is 10.3. The first kappa shape index (κ1) is 17.1. The number of nitriles is 1. The molecule has 0 radical (unpaired) electrons. The Morgan fingerprint density at radius 3 is 2.04 bits per heavy atom. The van der Waals surface area contributed by atoms with Crippen LogP contribution in [0.15, 0.2) is 77.5 Å². The van der Waals surface area contributed by atoms with Gasteiger partial charge in [-0.3, -0.25) is 5.09 Å². The molecule has 0 bridgehead atoms. The van der Waals surface area contributed by atoms with Gasteiger partial charge >= 0.3 is 0 Å². The molecule has 0 amide bonds. The highest BCUT2D eigenvalue weighted by Crippen LogP contribution is 2.43. The van der Waals surface area contributed by atoms with Crippen molar-refractivity contribution >= 4 is 39.9 Å². The fourth-order valence-corrected chi connectivity index (χ4v) is 6.88. The lowest BCUT2D eigenvalue weighted by Gasteiger charge is -2.29. The largest absolute Gasteiger partial charge is 0.274 e. The van der Waals surface area contributed by atoms with Gasteiger partial charge in [-0.05, 0) is 22.4 Å². The van der Waals surface area contributed by atoms with Gasteiger partial charge in [-0.1, -0.05) is 72.5 Å². The first-order valence-corrected chi connectivity index (χ1v) is 11.4. The minimum atomic E-state index is -2.21. The third kappa shape index (κ3) is 3.66. The first-order chi connectivity index (χ1) is 11.7. The topological polar surface area (TPSA) is 35.8 Å². The summed E-state index contributed by atoms with van der Waals surface area (Å²) in [6.45, 7) is 0. The average Bonchev–Trinajstić information content (AvgIpc) is 3.17. The zero-order chi connectivity index (χ0) is 16.8. The SMILES string of the molecule is N#CC[C@@H](NP(=S)(c1ccccc1)c1ccccc1)c1ccsc1. The van der Waals surface area contributed by atoms with Crippen LogP contribution in [-0.4, -0.2) is 0 Å². The second kappa shape index (κ2) is 7.88. The van der Waals surface area contributed by atoms with E-state index in [9.17, 15) is 5.26 Å². The number of nitrogens with zero attached hydrogens (tertiary/aromatic N) is 1. The van der Waals surface area contributed by atoms with Gasteiger partial charge < -0.3 is 0 Å². The van der Waals surface area contributed by atoms with Crippen molar-refractivity contribution in [2.75, 3.05) is 0 Å². The Hall–Kier alpha value is -1.76. The number of thiophene rings is 1. The minimum Gasteiger partial charge on any atom is -0.274 e. The molecule has 2 aromatic carbocycles. The van der Waals surface area contributed by atoms with Crippen molar-refractivity contribution in [2.45, 2.75) is 12.5 Å². The summed E-state index contributed by atoms with van der Waals surface area (Å²) in [5.41, 5.74) is 1.13. The molecule has 3 aromatic rings. The van der Waals surface area contributed by atoms with Gasteiger partial charge in [-0.2, -0.15) is 16.6 Å². The molecule has 0 spiro atoms. The highest BCUT2D eigenvalue weighted by molar-refractivity contribution is 8.20. The second-order valence-electron chi connectivity index (χ2n) is 5.38. The van der Waals surface area contributed by atoms with E-state index in [-0.39, 0.29) is 6.04 Å². The molecular formula is C19H17N2PS2. The van der Waals surface area contributed by atoms with Crippen LogP contribution >= 0.6 is 17.5 Å². The molecule has 1 atom stereocenters. The number of rotatable bonds is 6. The third-order valence-electron chi connectivity index (χ3n) is 3.82. The predicted octanol–water partition coefficient (Wildman–Crippen LogP) is 4.34. The summed E-state index contributed by atoms with van der Waals surface area (Å²) in [7, 11) is 0. The van der Waals surface area contributed by atoms with Gasteiger partial charge in [0.2, 0.25) is 0 Å². The lowest BCUT2D eigenvalue weighted by Crippen LogP contribution is -2.30. The maximum atomic E-state index is 9.27. The monoisotopic (exact) mass is 368 g/mol. The lowest BCUT2D eigenvalue weighted by atomic mass is 10.1. The van der Waals surface area contributed by atoms with Crippen LogP contribution in [0.2, 0.25) is 0 Å². The molecule has 1 aromatic heterocycles. The van der Waals surface area contributed by atoms with Gasteiger partial charge in [0.15, 0.2) is 0 Å². The van der Waals surface area contributed by atoms with Crippen LogP contribution < -0.4 is 15.7 Å². The molecule has 24 heavy (non-hydrogen) atoms. The molecule has 2 nitrogen and oxygen atoms in total. The molecular weight excluding hydrogens is 351 g/mol. The van der Waals surface area contributed by atoms with Crippen LogP contribution in [0.3, 0.4) is 0 Å². The molecule has 0 saturated carbocycles. The fourth-order valence-electron chi connectivity index (χ4n) is 2.60. The third-order valence-corrected chi connectivity index (χ3v) is 8.83. The summed E-state index contributed by atoms with van der Waals surface area (Å²) in [5, 5.41) is 19.3. The van der Waals surface area contributed by atoms with Gasteiger partial charge in [0.05, 0.1) is 24.7 Å². The van der Waals surface area contributed by atoms with Crippen LogP contribution in [0.1, 0.15) is 18.0 Å². The zero-order valence-corrected chi connectivity index (χ0v) is 15.5. The standard InChI is InChI=1S/C19H17N2PS2/c20-13-11-19(16-12-14-24-15-16)21-22(23,17-7-3-1-4-8-17)18-9-5-2-6-10-18/h1-10,12,14-15,19H,11H2,(H,21,23)/t19-/m1/s1. The van der Waals surface area contributed by atoms with Crippen molar-refractivity contribution in [1.29, 1.82) is 5.26 Å². The molecule has 0 aliphatic carbocycles. The van der Waals surface area contributed by atoms with Crippen LogP contribution in [0.25, 0.3) is 0 Å². The lowest BCUT2D eigenvalue weighted by molar-refractivity contribution is 0.692. The summed E-state index contributed by atoms with van der Waals surface area (Å²) in [4.78, 5) is 0. The van der Waals surface area contributed by atoms with E-state index in [1.54, 1.807) is 11.3 Å². The van der Waals surface area contributed by atoms with Crippen molar-refractivity contribution < 1.29 is 0 Å². The first-order valence-electron chi connectivity index (χ1n) is 7.62. The summed E-state index contributed by atoms with van der Waals surface area (Å²) in [6.07, 6.45) is -1.82. The highest BCUT2D eigenvalue weighted by atomic mass is 32.4. The van der Waals surface area contributed by atoms with E-state index in [0.717, 1.165) is 16.2 Å². The van der Waals surface area contributed by atoms with Crippen LogP contribution in [0.5, 0.6) is 0 Å². The highest BCUT2D eigenvalue weighted by Gasteiger charge is 2.26. The Balaban J connectivity index is 2.06. The number of benzene rings is 2. The molecule has 3 rings (SSSR count). The van der Waals surface area contributed by atoms with Gasteiger partial charge in [0, 0.05) is 10.6 Å². The average molecular weight is 368 g/mol. The molecule has 0 aliphatic heterocycles. The Labute approximate surface area is 151 Å². The Kier molecular flexibility index (Phi) is 5.60. The van der Waals surface area contributed by atoms with Gasteiger partial charge in [0.25, 0.3) is 0 Å². The van der Waals surface area contributed by atoms with Crippen molar-refractivity contribution in [3.05, 3.63) is 83.1 Å². The molecule has 1 heterocycles. The van der Waals surface area contributed by atoms with Crippen molar-refractivity contribution in [2.24, 2.45) is 0 Å². The fraction of sp³-hybridized carbons (Fsp3) is 0.105. The van der Waals surface area contributed by atoms with Gasteiger partial charge in [-0.25, -0.2) is 0 Å². The van der Waals surface area contributed by atoms with E-state index >= 15 is 0 Å². The molecule has 0 aliphatic rings. The van der Waals surface area contributed by atoms with Gasteiger partial charge in [0.1, 0.15) is 0 Å². The zero-order valence-electron chi connectivity index (χ0n) is 13.0. The van der Waals surface area contributed by atoms with E-state index in [0.29, 0.717) is 6.42 Å². The summed E-state index contributed by atoms with van der Waals surface area (Å²) in [6, 6.07) is 24.7. The summed E-state index contributed by atoms with van der Waals surface area (Å²) >= 11 is 7.83. The normalized spacial score (nSPS) is 12.5. The Morgan fingerprint density at radius 2 is 1.58 bits per heavy atom. The molecule has 0 saturated heterocycles. The molecule has 0 unspecified atom stereocenters. The predicted molar refractivity (Wildman–Crippen MR) is 107 cm³/mol. The van der Waals surface area contributed by atoms with E-state index in [2.05, 4.69) is 46.9 Å². The number of nitrogens with one attached hydrogen (secondary N) is 1.